The SMILES string of the molecule is Fc1cc([C]Cl)ccc1-c1ccccc1. The Morgan fingerprint density at radius 1 is 1.00 bits per heavy atom. The van der Waals surface area contributed by atoms with Crippen molar-refractivity contribution in [1.82, 2.24) is 0 Å². The fourth-order valence-corrected chi connectivity index (χ4v) is 1.54. The van der Waals surface area contributed by atoms with Crippen LogP contribution >= 0.6 is 11.6 Å². The second kappa shape index (κ2) is 4.45. The smallest absolute Gasteiger partial charge is 0.131 e. The van der Waals surface area contributed by atoms with Crippen LogP contribution in [-0.2, 0) is 0 Å². The lowest BCUT2D eigenvalue weighted by atomic mass is 10.0. The summed E-state index contributed by atoms with van der Waals surface area (Å²) in [6, 6.07) is 14.2. The van der Waals surface area contributed by atoms with Crippen LogP contribution in [-0.4, -0.2) is 0 Å². The van der Waals surface area contributed by atoms with Gasteiger partial charge in [-0.05, 0) is 17.2 Å². The third-order valence-electron chi connectivity index (χ3n) is 2.16. The average molecular weight is 219 g/mol. The Labute approximate surface area is 93.3 Å². The zero-order chi connectivity index (χ0) is 10.7. The van der Waals surface area contributed by atoms with E-state index in [1.807, 2.05) is 30.3 Å². The van der Waals surface area contributed by atoms with Gasteiger partial charge in [0.05, 0.1) is 0 Å². The normalized spacial score (nSPS) is 10.3. The predicted octanol–water partition coefficient (Wildman–Crippen LogP) is 4.12. The van der Waals surface area contributed by atoms with Gasteiger partial charge >= 0.3 is 0 Å². The molecule has 0 saturated carbocycles. The molecule has 15 heavy (non-hydrogen) atoms. The van der Waals surface area contributed by atoms with Gasteiger partial charge in [0.25, 0.3) is 0 Å². The molecule has 0 bridgehead atoms. The summed E-state index contributed by atoms with van der Waals surface area (Å²) in [4.78, 5) is 0. The molecule has 0 nitrogen and oxygen atoms in total. The second-order valence-electron chi connectivity index (χ2n) is 3.16. The first kappa shape index (κ1) is 10.2. The highest BCUT2D eigenvalue weighted by molar-refractivity contribution is 6.25. The van der Waals surface area contributed by atoms with Gasteiger partial charge in [-0.1, -0.05) is 42.5 Å². The van der Waals surface area contributed by atoms with E-state index >= 15 is 0 Å². The number of halogens is 2. The molecule has 0 aromatic heterocycles. The van der Waals surface area contributed by atoms with Gasteiger partial charge in [-0.25, -0.2) is 4.39 Å². The van der Waals surface area contributed by atoms with Crippen molar-refractivity contribution in [1.29, 1.82) is 0 Å². The molecule has 2 radical (unpaired) electrons. The van der Waals surface area contributed by atoms with Crippen LogP contribution in [0, 0.1) is 11.7 Å². The molecule has 0 N–H and O–H groups in total. The third-order valence-corrected chi connectivity index (χ3v) is 2.38. The molecule has 0 saturated heterocycles. The van der Waals surface area contributed by atoms with Crippen molar-refractivity contribution in [3.63, 3.8) is 0 Å². The van der Waals surface area contributed by atoms with E-state index in [1.54, 1.807) is 12.1 Å². The Morgan fingerprint density at radius 3 is 2.33 bits per heavy atom. The summed E-state index contributed by atoms with van der Waals surface area (Å²) in [6.45, 7) is 0. The van der Waals surface area contributed by atoms with Gasteiger partial charge in [0.15, 0.2) is 0 Å². The Balaban J connectivity index is 2.46. The first-order chi connectivity index (χ1) is 7.31. The number of benzene rings is 2. The molecule has 0 aliphatic carbocycles. The Kier molecular flexibility index (Phi) is 3.02. The number of hydrogen-bond donors (Lipinski definition) is 0. The van der Waals surface area contributed by atoms with E-state index in [4.69, 9.17) is 11.6 Å². The topological polar surface area (TPSA) is 0 Å². The zero-order valence-electron chi connectivity index (χ0n) is 7.87. The van der Waals surface area contributed by atoms with E-state index in [0.29, 0.717) is 11.1 Å². The highest BCUT2D eigenvalue weighted by atomic mass is 35.5. The van der Waals surface area contributed by atoms with E-state index in [-0.39, 0.29) is 5.82 Å². The molecule has 0 atom stereocenters. The molecule has 0 heterocycles. The molecule has 2 aromatic rings. The van der Waals surface area contributed by atoms with Crippen molar-refractivity contribution >= 4 is 11.6 Å². The maximum Gasteiger partial charge on any atom is 0.131 e. The standard InChI is InChI=1S/C13H8ClF/c14-9-10-6-7-12(13(15)8-10)11-4-2-1-3-5-11/h1-8H. The lowest BCUT2D eigenvalue weighted by Crippen LogP contribution is -1.86. The van der Waals surface area contributed by atoms with Gasteiger partial charge in [0, 0.05) is 5.56 Å². The van der Waals surface area contributed by atoms with Crippen LogP contribution in [0.25, 0.3) is 11.1 Å². The van der Waals surface area contributed by atoms with Crippen molar-refractivity contribution in [2.75, 3.05) is 0 Å². The molecule has 0 fully saturated rings. The monoisotopic (exact) mass is 218 g/mol. The summed E-state index contributed by atoms with van der Waals surface area (Å²) in [5.41, 5.74) is 1.98. The van der Waals surface area contributed by atoms with Crippen molar-refractivity contribution < 1.29 is 4.39 Å². The van der Waals surface area contributed by atoms with Gasteiger partial charge in [0.1, 0.15) is 11.7 Å². The first-order valence-corrected chi connectivity index (χ1v) is 4.90. The van der Waals surface area contributed by atoms with E-state index < -0.39 is 0 Å². The summed E-state index contributed by atoms with van der Waals surface area (Å²) in [5.74, 6) is 2.09. The Bertz CT molecular complexity index is 451. The van der Waals surface area contributed by atoms with E-state index in [9.17, 15) is 4.39 Å². The van der Waals surface area contributed by atoms with Crippen molar-refractivity contribution in [3.05, 3.63) is 65.8 Å². The minimum Gasteiger partial charge on any atom is -0.206 e. The van der Waals surface area contributed by atoms with Gasteiger partial charge in [-0.3, -0.25) is 0 Å². The summed E-state index contributed by atoms with van der Waals surface area (Å²) in [6.07, 6.45) is 0. The van der Waals surface area contributed by atoms with Crippen LogP contribution in [0.3, 0.4) is 0 Å². The molecule has 2 heteroatoms. The predicted molar refractivity (Wildman–Crippen MR) is 60.0 cm³/mol. The summed E-state index contributed by atoms with van der Waals surface area (Å²) >= 11 is 5.38. The Morgan fingerprint density at radius 2 is 1.73 bits per heavy atom. The fraction of sp³-hybridized carbons (Fsp3) is 0. The molecular formula is C13H8ClF. The summed E-state index contributed by atoms with van der Waals surface area (Å²) in [5, 5.41) is 0. The molecule has 0 amide bonds. The van der Waals surface area contributed by atoms with Crippen LogP contribution in [0.4, 0.5) is 4.39 Å². The van der Waals surface area contributed by atoms with Gasteiger partial charge < -0.3 is 0 Å². The minimum absolute atomic E-state index is 0.285. The zero-order valence-corrected chi connectivity index (χ0v) is 8.63. The lowest BCUT2D eigenvalue weighted by molar-refractivity contribution is 0.630. The van der Waals surface area contributed by atoms with Crippen LogP contribution < -0.4 is 0 Å². The quantitative estimate of drug-likeness (QED) is 0.712. The van der Waals surface area contributed by atoms with Gasteiger partial charge in [-0.2, -0.15) is 0 Å². The molecule has 0 unspecified atom stereocenters. The Hall–Kier alpha value is -1.34. The average Bonchev–Trinajstić information content (AvgIpc) is 2.30. The second-order valence-corrected chi connectivity index (χ2v) is 3.34. The van der Waals surface area contributed by atoms with Crippen LogP contribution in [0.5, 0.6) is 0 Å². The van der Waals surface area contributed by atoms with E-state index in [0.717, 1.165) is 5.56 Å². The molecule has 0 aliphatic heterocycles. The maximum absolute atomic E-state index is 13.6. The summed E-state index contributed by atoms with van der Waals surface area (Å²) < 4.78 is 13.6. The first-order valence-electron chi connectivity index (χ1n) is 4.53. The molecule has 74 valence electrons. The number of rotatable bonds is 2. The molecule has 2 rings (SSSR count). The highest BCUT2D eigenvalue weighted by Gasteiger charge is 2.05. The molecular weight excluding hydrogens is 211 g/mol. The van der Waals surface area contributed by atoms with Crippen LogP contribution in [0.2, 0.25) is 0 Å². The summed E-state index contributed by atoms with van der Waals surface area (Å²) in [7, 11) is 0. The molecule has 2 aromatic carbocycles. The lowest BCUT2D eigenvalue weighted by Gasteiger charge is -2.04. The maximum atomic E-state index is 13.6. The van der Waals surface area contributed by atoms with Crippen molar-refractivity contribution in [2.45, 2.75) is 0 Å². The van der Waals surface area contributed by atoms with Gasteiger partial charge in [-0.15, -0.1) is 11.6 Å². The van der Waals surface area contributed by atoms with Crippen molar-refractivity contribution in [3.8, 4) is 11.1 Å². The third kappa shape index (κ3) is 2.18. The van der Waals surface area contributed by atoms with Crippen LogP contribution in [0.1, 0.15) is 5.56 Å². The van der Waals surface area contributed by atoms with E-state index in [1.165, 1.54) is 6.07 Å². The van der Waals surface area contributed by atoms with Crippen molar-refractivity contribution in [2.24, 2.45) is 0 Å². The highest BCUT2D eigenvalue weighted by Crippen LogP contribution is 2.24. The minimum atomic E-state index is -0.285. The number of hydrogen-bond acceptors (Lipinski definition) is 0. The largest absolute Gasteiger partial charge is 0.206 e. The fourth-order valence-electron chi connectivity index (χ4n) is 1.43. The van der Waals surface area contributed by atoms with Crippen LogP contribution in [0.15, 0.2) is 48.5 Å². The molecule has 0 spiro atoms. The van der Waals surface area contributed by atoms with Gasteiger partial charge in [0.2, 0.25) is 0 Å². The molecule has 0 aliphatic rings. The van der Waals surface area contributed by atoms with E-state index in [2.05, 4.69) is 5.88 Å².